The van der Waals surface area contributed by atoms with Crippen LogP contribution in [0.3, 0.4) is 0 Å². The molecule has 2 aromatic rings. The molecule has 2 heterocycles. The lowest BCUT2D eigenvalue weighted by Gasteiger charge is -2.34. The van der Waals surface area contributed by atoms with Crippen LogP contribution in [-0.2, 0) is 17.8 Å². The molecule has 0 unspecified atom stereocenters. The van der Waals surface area contributed by atoms with Gasteiger partial charge >= 0.3 is 0 Å². The Morgan fingerprint density at radius 1 is 1.08 bits per heavy atom. The Morgan fingerprint density at radius 2 is 1.88 bits per heavy atom. The third kappa shape index (κ3) is 3.44. The summed E-state index contributed by atoms with van der Waals surface area (Å²) in [4.78, 5) is 17.5. The molecule has 1 atom stereocenters. The van der Waals surface area contributed by atoms with Gasteiger partial charge in [-0.25, -0.2) is 0 Å². The fraction of sp³-hybridized carbons (Fsp3) is 0.381. The van der Waals surface area contributed by atoms with Gasteiger partial charge in [0.1, 0.15) is 0 Å². The monoisotopic (exact) mass is 354 g/mol. The molecule has 25 heavy (non-hydrogen) atoms. The van der Waals surface area contributed by atoms with Gasteiger partial charge in [-0.3, -0.25) is 9.69 Å². The average Bonchev–Trinajstić information content (AvgIpc) is 3.07. The van der Waals surface area contributed by atoms with E-state index in [1.165, 1.54) is 5.56 Å². The third-order valence-electron chi connectivity index (χ3n) is 5.36. The first kappa shape index (κ1) is 16.6. The normalized spacial score (nSPS) is 20.5. The van der Waals surface area contributed by atoms with E-state index in [1.54, 1.807) is 0 Å². The number of carbonyl (C=O) groups excluding carboxylic acids is 1. The van der Waals surface area contributed by atoms with Gasteiger partial charge in [-0.05, 0) is 49.1 Å². The Balaban J connectivity index is 1.45. The summed E-state index contributed by atoms with van der Waals surface area (Å²) < 4.78 is 0. The number of anilines is 1. The van der Waals surface area contributed by atoms with Crippen molar-refractivity contribution in [2.45, 2.75) is 25.8 Å². The summed E-state index contributed by atoms with van der Waals surface area (Å²) in [6.45, 7) is 3.49. The van der Waals surface area contributed by atoms with Gasteiger partial charge in [-0.2, -0.15) is 0 Å². The van der Waals surface area contributed by atoms with Crippen LogP contribution in [0.25, 0.3) is 0 Å². The van der Waals surface area contributed by atoms with Crippen molar-refractivity contribution in [3.63, 3.8) is 0 Å². The summed E-state index contributed by atoms with van der Waals surface area (Å²) in [6, 6.07) is 16.3. The standard InChI is InChI=1S/C21H23ClN2O/c22-19-9-3-1-7-17(19)14-23-12-5-8-18(15-23)21(25)24-13-11-16-6-2-4-10-20(16)24/h1-4,6-7,9-10,18H,5,8,11-15H2/t18-/m1/s1. The van der Waals surface area contributed by atoms with Crippen molar-refractivity contribution in [2.75, 3.05) is 24.5 Å². The first-order valence-electron chi connectivity index (χ1n) is 9.07. The Morgan fingerprint density at radius 3 is 2.76 bits per heavy atom. The second kappa shape index (κ2) is 7.19. The lowest BCUT2D eigenvalue weighted by molar-refractivity contribution is -0.124. The first-order chi connectivity index (χ1) is 12.2. The summed E-state index contributed by atoms with van der Waals surface area (Å²) in [7, 11) is 0. The van der Waals surface area contributed by atoms with Crippen LogP contribution in [0, 0.1) is 5.92 Å². The molecule has 2 aliphatic rings. The zero-order valence-electron chi connectivity index (χ0n) is 14.3. The molecular weight excluding hydrogens is 332 g/mol. The summed E-state index contributed by atoms with van der Waals surface area (Å²) in [6.07, 6.45) is 3.02. The fourth-order valence-corrected chi connectivity index (χ4v) is 4.25. The maximum Gasteiger partial charge on any atom is 0.231 e. The highest BCUT2D eigenvalue weighted by Gasteiger charge is 2.32. The Hall–Kier alpha value is -1.84. The van der Waals surface area contributed by atoms with E-state index in [2.05, 4.69) is 29.2 Å². The largest absolute Gasteiger partial charge is 0.312 e. The van der Waals surface area contributed by atoms with E-state index >= 15 is 0 Å². The molecule has 1 saturated heterocycles. The number of nitrogens with zero attached hydrogens (tertiary/aromatic N) is 2. The predicted molar refractivity (Wildman–Crippen MR) is 102 cm³/mol. The summed E-state index contributed by atoms with van der Waals surface area (Å²) >= 11 is 6.30. The lowest BCUT2D eigenvalue weighted by Crippen LogP contribution is -2.44. The number of likely N-dealkylation sites (tertiary alicyclic amines) is 1. The number of para-hydroxylation sites is 1. The van der Waals surface area contributed by atoms with Crippen molar-refractivity contribution < 1.29 is 4.79 Å². The summed E-state index contributed by atoms with van der Waals surface area (Å²) in [5.74, 6) is 0.371. The third-order valence-corrected chi connectivity index (χ3v) is 5.73. The van der Waals surface area contributed by atoms with Gasteiger partial charge in [0.05, 0.1) is 5.92 Å². The zero-order valence-corrected chi connectivity index (χ0v) is 15.1. The Kier molecular flexibility index (Phi) is 4.78. The van der Waals surface area contributed by atoms with Crippen LogP contribution in [0.2, 0.25) is 5.02 Å². The maximum atomic E-state index is 13.1. The molecule has 130 valence electrons. The molecule has 4 rings (SSSR count). The van der Waals surface area contributed by atoms with E-state index in [0.29, 0.717) is 0 Å². The van der Waals surface area contributed by atoms with Gasteiger partial charge in [0.25, 0.3) is 0 Å². The number of benzene rings is 2. The van der Waals surface area contributed by atoms with Gasteiger partial charge in [0, 0.05) is 30.3 Å². The van der Waals surface area contributed by atoms with Gasteiger partial charge in [-0.1, -0.05) is 48.0 Å². The average molecular weight is 355 g/mol. The van der Waals surface area contributed by atoms with Crippen LogP contribution < -0.4 is 4.90 Å². The predicted octanol–water partition coefficient (Wildman–Crippen LogP) is 4.14. The molecule has 4 heteroatoms. The van der Waals surface area contributed by atoms with E-state index in [0.717, 1.165) is 61.7 Å². The minimum atomic E-state index is 0.0855. The Labute approximate surface area is 154 Å². The highest BCUT2D eigenvalue weighted by atomic mass is 35.5. The minimum absolute atomic E-state index is 0.0855. The minimum Gasteiger partial charge on any atom is -0.312 e. The molecule has 0 spiro atoms. The second-order valence-corrected chi connectivity index (χ2v) is 7.44. The van der Waals surface area contributed by atoms with E-state index in [4.69, 9.17) is 11.6 Å². The van der Waals surface area contributed by atoms with Crippen molar-refractivity contribution in [2.24, 2.45) is 5.92 Å². The highest BCUT2D eigenvalue weighted by Crippen LogP contribution is 2.31. The number of carbonyl (C=O) groups is 1. The molecule has 0 N–H and O–H groups in total. The maximum absolute atomic E-state index is 13.1. The molecule has 0 aromatic heterocycles. The van der Waals surface area contributed by atoms with Gasteiger partial charge in [-0.15, -0.1) is 0 Å². The molecule has 3 nitrogen and oxygen atoms in total. The molecule has 2 aromatic carbocycles. The van der Waals surface area contributed by atoms with Crippen LogP contribution in [0.4, 0.5) is 5.69 Å². The Bertz CT molecular complexity index is 776. The highest BCUT2D eigenvalue weighted by molar-refractivity contribution is 6.31. The smallest absolute Gasteiger partial charge is 0.231 e. The molecular formula is C21H23ClN2O. The number of hydrogen-bond acceptors (Lipinski definition) is 2. The van der Waals surface area contributed by atoms with Crippen molar-refractivity contribution in [3.05, 3.63) is 64.7 Å². The summed E-state index contributed by atoms with van der Waals surface area (Å²) in [5.41, 5.74) is 3.54. The van der Waals surface area contributed by atoms with Gasteiger partial charge < -0.3 is 4.90 Å². The molecule has 0 bridgehead atoms. The van der Waals surface area contributed by atoms with Crippen molar-refractivity contribution in [1.82, 2.24) is 4.90 Å². The number of amides is 1. The van der Waals surface area contributed by atoms with Crippen LogP contribution in [0.5, 0.6) is 0 Å². The van der Waals surface area contributed by atoms with E-state index in [-0.39, 0.29) is 11.8 Å². The van der Waals surface area contributed by atoms with Crippen LogP contribution >= 0.6 is 11.6 Å². The van der Waals surface area contributed by atoms with Crippen LogP contribution in [-0.4, -0.2) is 30.4 Å². The number of hydrogen-bond donors (Lipinski definition) is 0. The van der Waals surface area contributed by atoms with Crippen molar-refractivity contribution in [1.29, 1.82) is 0 Å². The topological polar surface area (TPSA) is 23.6 Å². The van der Waals surface area contributed by atoms with Gasteiger partial charge in [0.15, 0.2) is 0 Å². The zero-order chi connectivity index (χ0) is 17.2. The molecule has 2 aliphatic heterocycles. The van der Waals surface area contributed by atoms with E-state index < -0.39 is 0 Å². The van der Waals surface area contributed by atoms with Crippen LogP contribution in [0.1, 0.15) is 24.0 Å². The first-order valence-corrected chi connectivity index (χ1v) is 9.45. The second-order valence-electron chi connectivity index (χ2n) is 7.03. The number of rotatable bonds is 3. The lowest BCUT2D eigenvalue weighted by atomic mass is 9.96. The van der Waals surface area contributed by atoms with E-state index in [1.807, 2.05) is 29.2 Å². The molecule has 0 radical (unpaired) electrons. The van der Waals surface area contributed by atoms with Crippen molar-refractivity contribution >= 4 is 23.2 Å². The molecule has 0 aliphatic carbocycles. The summed E-state index contributed by atoms with van der Waals surface area (Å²) in [5, 5.41) is 0.810. The van der Waals surface area contributed by atoms with Crippen LogP contribution in [0.15, 0.2) is 48.5 Å². The molecule has 1 amide bonds. The number of piperidine rings is 1. The van der Waals surface area contributed by atoms with Crippen molar-refractivity contribution in [3.8, 4) is 0 Å². The van der Waals surface area contributed by atoms with E-state index in [9.17, 15) is 4.79 Å². The number of fused-ring (bicyclic) bond motifs is 1. The fourth-order valence-electron chi connectivity index (χ4n) is 4.06. The molecule has 1 fully saturated rings. The molecule has 0 saturated carbocycles. The van der Waals surface area contributed by atoms with Gasteiger partial charge in [0.2, 0.25) is 5.91 Å². The quantitative estimate of drug-likeness (QED) is 0.827. The number of halogens is 1. The SMILES string of the molecule is O=C([C@@H]1CCCN(Cc2ccccc2Cl)C1)N1CCc2ccccc21.